The van der Waals surface area contributed by atoms with Gasteiger partial charge in [-0.25, -0.2) is 0 Å². The molecule has 2 aliphatic rings. The van der Waals surface area contributed by atoms with Crippen molar-refractivity contribution in [1.82, 2.24) is 0 Å². The van der Waals surface area contributed by atoms with Gasteiger partial charge >= 0.3 is 0 Å². The van der Waals surface area contributed by atoms with Crippen LogP contribution in [0.3, 0.4) is 0 Å². The Morgan fingerprint density at radius 2 is 2.19 bits per heavy atom. The molecule has 0 aromatic heterocycles. The van der Waals surface area contributed by atoms with Crippen LogP contribution in [0.1, 0.15) is 36.2 Å². The van der Waals surface area contributed by atoms with Gasteiger partial charge in [0.1, 0.15) is 5.75 Å². The highest BCUT2D eigenvalue weighted by Crippen LogP contribution is 2.53. The smallest absolute Gasteiger partial charge is 0.166 e. The lowest BCUT2D eigenvalue weighted by Gasteiger charge is -2.05. The van der Waals surface area contributed by atoms with E-state index in [9.17, 15) is 4.79 Å². The van der Waals surface area contributed by atoms with Crippen LogP contribution in [-0.4, -0.2) is 12.4 Å². The molecule has 0 N–H and O–H groups in total. The Kier molecular flexibility index (Phi) is 1.91. The van der Waals surface area contributed by atoms with Crippen LogP contribution in [0.15, 0.2) is 18.2 Å². The molecule has 1 saturated carbocycles. The number of benzene rings is 1. The zero-order chi connectivity index (χ0) is 11.3. The zero-order valence-corrected chi connectivity index (χ0v) is 9.75. The van der Waals surface area contributed by atoms with Gasteiger partial charge in [0.15, 0.2) is 5.78 Å². The third-order valence-corrected chi connectivity index (χ3v) is 3.80. The number of hydrogen-bond acceptors (Lipinski definition) is 2. The van der Waals surface area contributed by atoms with Crippen LogP contribution >= 0.6 is 0 Å². The van der Waals surface area contributed by atoms with Gasteiger partial charge in [-0.2, -0.15) is 0 Å². The van der Waals surface area contributed by atoms with Crippen molar-refractivity contribution in [1.29, 1.82) is 0 Å². The Labute approximate surface area is 95.6 Å². The second-order valence-electron chi connectivity index (χ2n) is 5.53. The van der Waals surface area contributed by atoms with Crippen molar-refractivity contribution in [2.45, 2.75) is 26.7 Å². The first kappa shape index (κ1) is 9.88. The van der Waals surface area contributed by atoms with E-state index in [2.05, 4.69) is 13.8 Å². The highest BCUT2D eigenvalue weighted by Gasteiger charge is 2.50. The molecule has 16 heavy (non-hydrogen) atoms. The summed E-state index contributed by atoms with van der Waals surface area (Å²) in [6.07, 6.45) is 1.96. The SMILES string of the molecule is CC1(C)CC1C(=O)c1ccc2c(c1)CCO2. The summed E-state index contributed by atoms with van der Waals surface area (Å²) in [6, 6.07) is 5.85. The number of carbonyl (C=O) groups is 1. The van der Waals surface area contributed by atoms with Crippen LogP contribution in [-0.2, 0) is 6.42 Å². The van der Waals surface area contributed by atoms with E-state index < -0.39 is 0 Å². The topological polar surface area (TPSA) is 26.3 Å². The lowest BCUT2D eigenvalue weighted by molar-refractivity contribution is 0.0953. The molecule has 3 rings (SSSR count). The number of Topliss-reactive ketones (excluding diaryl/α,β-unsaturated/α-hetero) is 1. The molecule has 0 radical (unpaired) electrons. The lowest BCUT2D eigenvalue weighted by Crippen LogP contribution is -2.06. The van der Waals surface area contributed by atoms with Crippen molar-refractivity contribution < 1.29 is 9.53 Å². The summed E-state index contributed by atoms with van der Waals surface area (Å²) in [5, 5.41) is 0. The van der Waals surface area contributed by atoms with Crippen molar-refractivity contribution in [2.24, 2.45) is 11.3 Å². The number of fused-ring (bicyclic) bond motifs is 1. The van der Waals surface area contributed by atoms with Crippen LogP contribution in [0.5, 0.6) is 5.75 Å². The van der Waals surface area contributed by atoms with Gasteiger partial charge in [0.2, 0.25) is 0 Å². The molecule has 1 aliphatic carbocycles. The summed E-state index contributed by atoms with van der Waals surface area (Å²) in [6.45, 7) is 5.07. The van der Waals surface area contributed by atoms with Gasteiger partial charge in [-0.05, 0) is 35.6 Å². The molecule has 0 amide bonds. The quantitative estimate of drug-likeness (QED) is 0.710. The van der Waals surface area contributed by atoms with E-state index in [1.165, 1.54) is 5.56 Å². The molecule has 1 aromatic rings. The first-order chi connectivity index (χ1) is 7.58. The molecule has 0 saturated heterocycles. The molecule has 0 spiro atoms. The number of hydrogen-bond donors (Lipinski definition) is 0. The standard InChI is InChI=1S/C14H16O2/c1-14(2)8-11(14)13(15)10-3-4-12-9(7-10)5-6-16-12/h3-4,7,11H,5-6,8H2,1-2H3. The number of ketones is 1. The summed E-state index contributed by atoms with van der Waals surface area (Å²) < 4.78 is 5.44. The largest absolute Gasteiger partial charge is 0.493 e. The summed E-state index contributed by atoms with van der Waals surface area (Å²) in [7, 11) is 0. The summed E-state index contributed by atoms with van der Waals surface area (Å²) in [4.78, 5) is 12.2. The Hall–Kier alpha value is -1.31. The Bertz CT molecular complexity index is 460. The van der Waals surface area contributed by atoms with Crippen LogP contribution < -0.4 is 4.74 Å². The van der Waals surface area contributed by atoms with E-state index in [1.54, 1.807) is 0 Å². The van der Waals surface area contributed by atoms with Crippen LogP contribution in [0.2, 0.25) is 0 Å². The normalized spacial score (nSPS) is 24.8. The molecule has 1 atom stereocenters. The molecular formula is C14H16O2. The summed E-state index contributed by atoms with van der Waals surface area (Å²) in [5.41, 5.74) is 2.26. The summed E-state index contributed by atoms with van der Waals surface area (Å²) in [5.74, 6) is 1.49. The minimum atomic E-state index is 0.215. The van der Waals surface area contributed by atoms with Gasteiger partial charge in [0.25, 0.3) is 0 Å². The van der Waals surface area contributed by atoms with Crippen LogP contribution in [0.25, 0.3) is 0 Å². The highest BCUT2D eigenvalue weighted by molar-refractivity contribution is 6.00. The minimum Gasteiger partial charge on any atom is -0.493 e. The number of carbonyl (C=O) groups excluding carboxylic acids is 1. The monoisotopic (exact) mass is 216 g/mol. The highest BCUT2D eigenvalue weighted by atomic mass is 16.5. The van der Waals surface area contributed by atoms with Gasteiger partial charge in [0, 0.05) is 17.9 Å². The van der Waals surface area contributed by atoms with E-state index >= 15 is 0 Å². The number of ether oxygens (including phenoxy) is 1. The second-order valence-corrected chi connectivity index (χ2v) is 5.53. The van der Waals surface area contributed by atoms with Crippen LogP contribution in [0, 0.1) is 11.3 Å². The molecule has 2 heteroatoms. The van der Waals surface area contributed by atoms with Gasteiger partial charge in [-0.3, -0.25) is 4.79 Å². The number of rotatable bonds is 2. The third kappa shape index (κ3) is 1.44. The van der Waals surface area contributed by atoms with Gasteiger partial charge in [-0.15, -0.1) is 0 Å². The predicted octanol–water partition coefficient (Wildman–Crippen LogP) is 2.85. The first-order valence-corrected chi connectivity index (χ1v) is 5.88. The molecule has 1 aliphatic heterocycles. The van der Waals surface area contributed by atoms with Crippen molar-refractivity contribution in [2.75, 3.05) is 6.61 Å². The molecule has 1 unspecified atom stereocenters. The van der Waals surface area contributed by atoms with E-state index in [1.807, 2.05) is 18.2 Å². The molecule has 1 fully saturated rings. The fourth-order valence-electron chi connectivity index (χ4n) is 2.46. The molecule has 1 aromatic carbocycles. The molecular weight excluding hydrogens is 200 g/mol. The van der Waals surface area contributed by atoms with E-state index in [-0.39, 0.29) is 11.3 Å². The van der Waals surface area contributed by atoms with Crippen molar-refractivity contribution in [3.63, 3.8) is 0 Å². The van der Waals surface area contributed by atoms with Crippen LogP contribution in [0.4, 0.5) is 0 Å². The van der Waals surface area contributed by atoms with Crippen molar-refractivity contribution >= 4 is 5.78 Å². The average molecular weight is 216 g/mol. The lowest BCUT2D eigenvalue weighted by atomic mass is 9.99. The fourth-order valence-corrected chi connectivity index (χ4v) is 2.46. The first-order valence-electron chi connectivity index (χ1n) is 5.88. The molecule has 84 valence electrons. The average Bonchev–Trinajstić information content (AvgIpc) is 2.72. The van der Waals surface area contributed by atoms with E-state index in [0.717, 1.165) is 30.8 Å². The second kappa shape index (κ2) is 3.09. The third-order valence-electron chi connectivity index (χ3n) is 3.80. The van der Waals surface area contributed by atoms with Gasteiger partial charge in [0.05, 0.1) is 6.61 Å². The van der Waals surface area contributed by atoms with Gasteiger partial charge < -0.3 is 4.74 Å². The Balaban J connectivity index is 1.88. The van der Waals surface area contributed by atoms with E-state index in [4.69, 9.17) is 4.74 Å². The molecule has 2 nitrogen and oxygen atoms in total. The predicted molar refractivity (Wildman–Crippen MR) is 61.9 cm³/mol. The summed E-state index contributed by atoms with van der Waals surface area (Å²) >= 11 is 0. The van der Waals surface area contributed by atoms with E-state index in [0.29, 0.717) is 5.78 Å². The Morgan fingerprint density at radius 3 is 2.88 bits per heavy atom. The maximum absolute atomic E-state index is 12.2. The minimum absolute atomic E-state index is 0.215. The maximum Gasteiger partial charge on any atom is 0.166 e. The Morgan fingerprint density at radius 1 is 1.44 bits per heavy atom. The molecule has 1 heterocycles. The fraction of sp³-hybridized carbons (Fsp3) is 0.500. The zero-order valence-electron chi connectivity index (χ0n) is 9.75. The maximum atomic E-state index is 12.2. The molecule has 0 bridgehead atoms. The van der Waals surface area contributed by atoms with Crippen molar-refractivity contribution in [3.05, 3.63) is 29.3 Å². The van der Waals surface area contributed by atoms with Gasteiger partial charge in [-0.1, -0.05) is 13.8 Å². The van der Waals surface area contributed by atoms with Crippen molar-refractivity contribution in [3.8, 4) is 5.75 Å².